The van der Waals surface area contributed by atoms with Gasteiger partial charge in [-0.15, -0.1) is 0 Å². The van der Waals surface area contributed by atoms with E-state index in [0.717, 1.165) is 38.2 Å². The average Bonchev–Trinajstić information content (AvgIpc) is 3.43. The van der Waals surface area contributed by atoms with E-state index in [1.54, 1.807) is 11.8 Å². The molecule has 172 valence electrons. The molecule has 2 aromatic heterocycles. The summed E-state index contributed by atoms with van der Waals surface area (Å²) in [5, 5.41) is 4.16. The second kappa shape index (κ2) is 8.89. The fourth-order valence-electron chi connectivity index (χ4n) is 4.07. The molecule has 0 atom stereocenters. The van der Waals surface area contributed by atoms with Gasteiger partial charge in [0.25, 0.3) is 5.91 Å². The van der Waals surface area contributed by atoms with Crippen LogP contribution in [0, 0.1) is 6.92 Å². The second-order valence-corrected chi connectivity index (χ2v) is 8.11. The normalized spacial score (nSPS) is 17.8. The molecule has 2 aromatic rings. The number of hydrogen-bond acceptors (Lipinski definition) is 5. The molecule has 8 nitrogen and oxygen atoms in total. The van der Waals surface area contributed by atoms with Crippen LogP contribution < -0.4 is 0 Å². The number of rotatable bonds is 4. The van der Waals surface area contributed by atoms with Crippen molar-refractivity contribution in [2.45, 2.75) is 25.9 Å². The predicted molar refractivity (Wildman–Crippen MR) is 109 cm³/mol. The van der Waals surface area contributed by atoms with Crippen molar-refractivity contribution in [2.24, 2.45) is 0 Å². The van der Waals surface area contributed by atoms with Crippen LogP contribution in [0.4, 0.5) is 13.2 Å². The zero-order chi connectivity index (χ0) is 22.9. The minimum Gasteiger partial charge on any atom is -0.342 e. The van der Waals surface area contributed by atoms with Gasteiger partial charge in [0.1, 0.15) is 0 Å². The molecule has 0 N–H and O–H groups in total. The molecular weight excluding hydrogens is 425 g/mol. The summed E-state index contributed by atoms with van der Waals surface area (Å²) in [5.41, 5.74) is 0.0469. The van der Waals surface area contributed by atoms with Crippen molar-refractivity contribution in [1.82, 2.24) is 29.5 Å². The number of nitrogens with zero attached hydrogens (tertiary/aromatic N) is 6. The molecular formula is C21H25F3N6O2. The van der Waals surface area contributed by atoms with E-state index in [-0.39, 0.29) is 17.6 Å². The van der Waals surface area contributed by atoms with Crippen LogP contribution in [0.5, 0.6) is 0 Å². The Balaban J connectivity index is 1.37. The molecule has 11 heteroatoms. The van der Waals surface area contributed by atoms with Crippen LogP contribution >= 0.6 is 0 Å². The van der Waals surface area contributed by atoms with Crippen LogP contribution in [0.3, 0.4) is 0 Å². The molecule has 32 heavy (non-hydrogen) atoms. The lowest BCUT2D eigenvalue weighted by Crippen LogP contribution is -2.51. The maximum Gasteiger partial charge on any atom is 0.417 e. The summed E-state index contributed by atoms with van der Waals surface area (Å²) in [4.78, 5) is 34.8. The van der Waals surface area contributed by atoms with Gasteiger partial charge in [-0.2, -0.15) is 18.3 Å². The van der Waals surface area contributed by atoms with E-state index in [2.05, 4.69) is 15.0 Å². The van der Waals surface area contributed by atoms with E-state index in [1.807, 2.05) is 4.90 Å². The first-order valence-corrected chi connectivity index (χ1v) is 10.6. The summed E-state index contributed by atoms with van der Waals surface area (Å²) in [7, 11) is 0. The quantitative estimate of drug-likeness (QED) is 0.712. The van der Waals surface area contributed by atoms with Crippen LogP contribution in [0.2, 0.25) is 0 Å². The van der Waals surface area contributed by atoms with Crippen molar-refractivity contribution in [3.05, 3.63) is 41.3 Å². The lowest BCUT2D eigenvalue weighted by atomic mass is 10.2. The molecule has 4 heterocycles. The Morgan fingerprint density at radius 2 is 1.66 bits per heavy atom. The van der Waals surface area contributed by atoms with Crippen LogP contribution in [-0.2, 0) is 11.0 Å². The molecule has 2 aliphatic heterocycles. The van der Waals surface area contributed by atoms with E-state index in [1.165, 1.54) is 16.9 Å². The van der Waals surface area contributed by atoms with Crippen molar-refractivity contribution in [2.75, 3.05) is 45.8 Å². The third-order valence-corrected chi connectivity index (χ3v) is 6.01. The minimum atomic E-state index is -4.47. The zero-order valence-electron chi connectivity index (χ0n) is 17.8. The van der Waals surface area contributed by atoms with Crippen molar-refractivity contribution < 1.29 is 22.8 Å². The maximum absolute atomic E-state index is 13.0. The van der Waals surface area contributed by atoms with E-state index in [9.17, 15) is 22.8 Å². The van der Waals surface area contributed by atoms with Crippen LogP contribution in [0.1, 0.15) is 34.5 Å². The summed E-state index contributed by atoms with van der Waals surface area (Å²) in [6, 6.07) is 2.17. The van der Waals surface area contributed by atoms with Gasteiger partial charge in [-0.25, -0.2) is 9.67 Å². The summed E-state index contributed by atoms with van der Waals surface area (Å²) in [6.07, 6.45) is -0.181. The number of carbonyl (C=O) groups excluding carboxylic acids is 2. The van der Waals surface area contributed by atoms with Gasteiger partial charge < -0.3 is 9.80 Å². The van der Waals surface area contributed by atoms with Crippen molar-refractivity contribution in [3.8, 4) is 5.82 Å². The second-order valence-electron chi connectivity index (χ2n) is 8.11. The average molecular weight is 450 g/mol. The molecule has 0 bridgehead atoms. The van der Waals surface area contributed by atoms with Crippen molar-refractivity contribution >= 4 is 11.8 Å². The van der Waals surface area contributed by atoms with Gasteiger partial charge in [-0.3, -0.25) is 14.5 Å². The molecule has 2 amide bonds. The highest BCUT2D eigenvalue weighted by atomic mass is 19.4. The highest BCUT2D eigenvalue weighted by Crippen LogP contribution is 2.29. The van der Waals surface area contributed by atoms with Gasteiger partial charge in [0, 0.05) is 45.5 Å². The molecule has 2 saturated heterocycles. The Morgan fingerprint density at radius 3 is 2.25 bits per heavy atom. The highest BCUT2D eigenvalue weighted by molar-refractivity contribution is 5.95. The lowest BCUT2D eigenvalue weighted by molar-refractivity contribution is -0.137. The molecule has 0 spiro atoms. The summed E-state index contributed by atoms with van der Waals surface area (Å²) < 4.78 is 39.6. The summed E-state index contributed by atoms with van der Waals surface area (Å²) in [6.45, 7) is 5.92. The zero-order valence-corrected chi connectivity index (χ0v) is 17.8. The summed E-state index contributed by atoms with van der Waals surface area (Å²) in [5.74, 6) is 0.161. The molecule has 0 saturated carbocycles. The first kappa shape index (κ1) is 22.3. The predicted octanol–water partition coefficient (Wildman–Crippen LogP) is 1.97. The topological polar surface area (TPSA) is 74.6 Å². The fourth-order valence-corrected chi connectivity index (χ4v) is 4.07. The fraction of sp³-hybridized carbons (Fsp3) is 0.524. The van der Waals surface area contributed by atoms with E-state index in [0.29, 0.717) is 44.0 Å². The third kappa shape index (κ3) is 4.62. The standard InChI is InChI=1S/C21H25F3N6O2/c1-15-17(13-26-30(15)18-5-4-16(12-25-18)21(22,23)24)20(32)29-10-8-27(9-11-29)14-19(31)28-6-2-3-7-28/h4-5,12-13H,2-3,6-11,14H2,1H3. The highest BCUT2D eigenvalue weighted by Gasteiger charge is 2.31. The molecule has 0 aliphatic carbocycles. The number of halogens is 3. The Bertz CT molecular complexity index is 974. The first-order chi connectivity index (χ1) is 15.2. The molecule has 2 aliphatic rings. The van der Waals surface area contributed by atoms with E-state index in [4.69, 9.17) is 0 Å². The lowest BCUT2D eigenvalue weighted by Gasteiger charge is -2.35. The molecule has 0 unspecified atom stereocenters. The van der Waals surface area contributed by atoms with Crippen LogP contribution in [-0.4, -0.2) is 87.1 Å². The SMILES string of the molecule is Cc1c(C(=O)N2CCN(CC(=O)N3CCCC3)CC2)cnn1-c1ccc(C(F)(F)F)cn1. The van der Waals surface area contributed by atoms with Crippen LogP contribution in [0.25, 0.3) is 5.82 Å². The van der Waals surface area contributed by atoms with Gasteiger partial charge in [0.2, 0.25) is 5.91 Å². The van der Waals surface area contributed by atoms with Crippen LogP contribution in [0.15, 0.2) is 24.5 Å². The Labute approximate surface area is 183 Å². The number of pyridine rings is 1. The summed E-state index contributed by atoms with van der Waals surface area (Å²) >= 11 is 0. The number of aromatic nitrogens is 3. The number of amides is 2. The number of alkyl halides is 3. The van der Waals surface area contributed by atoms with Gasteiger partial charge in [0.05, 0.1) is 29.6 Å². The molecule has 4 rings (SSSR count). The maximum atomic E-state index is 13.0. The Morgan fingerprint density at radius 1 is 0.969 bits per heavy atom. The largest absolute Gasteiger partial charge is 0.417 e. The van der Waals surface area contributed by atoms with Gasteiger partial charge >= 0.3 is 6.18 Å². The van der Waals surface area contributed by atoms with E-state index >= 15 is 0 Å². The van der Waals surface area contributed by atoms with Crippen molar-refractivity contribution in [1.29, 1.82) is 0 Å². The smallest absolute Gasteiger partial charge is 0.342 e. The Hall–Kier alpha value is -2.95. The van der Waals surface area contributed by atoms with Crippen molar-refractivity contribution in [3.63, 3.8) is 0 Å². The van der Waals surface area contributed by atoms with Gasteiger partial charge in [0.15, 0.2) is 5.82 Å². The van der Waals surface area contributed by atoms with E-state index < -0.39 is 11.7 Å². The Kier molecular flexibility index (Phi) is 6.18. The van der Waals surface area contributed by atoms with Gasteiger partial charge in [-0.05, 0) is 31.9 Å². The van der Waals surface area contributed by atoms with Gasteiger partial charge in [-0.1, -0.05) is 0 Å². The minimum absolute atomic E-state index is 0.142. The molecule has 0 aromatic carbocycles. The monoisotopic (exact) mass is 450 g/mol. The number of hydrogen-bond donors (Lipinski definition) is 0. The third-order valence-electron chi connectivity index (χ3n) is 6.01. The molecule has 0 radical (unpaired) electrons. The number of likely N-dealkylation sites (tertiary alicyclic amines) is 1. The molecule has 2 fully saturated rings. The number of piperazine rings is 1. The number of carbonyl (C=O) groups is 2. The first-order valence-electron chi connectivity index (χ1n) is 10.6.